The van der Waals surface area contributed by atoms with E-state index in [0.717, 1.165) is 0 Å². The number of hydrogen-bond acceptors (Lipinski definition) is 3. The molecule has 0 spiro atoms. The van der Waals surface area contributed by atoms with Crippen molar-refractivity contribution in [2.75, 3.05) is 7.11 Å². The van der Waals surface area contributed by atoms with E-state index >= 15 is 0 Å². The Bertz CT molecular complexity index is 464. The van der Waals surface area contributed by atoms with E-state index < -0.39 is 12.0 Å². The molecule has 1 aliphatic carbocycles. The van der Waals surface area contributed by atoms with E-state index in [0.29, 0.717) is 5.69 Å². The van der Waals surface area contributed by atoms with Crippen LogP contribution in [0.2, 0.25) is 0 Å². The number of methoxy groups -OCH3 is 1. The Balaban J connectivity index is 1.98. The predicted molar refractivity (Wildman–Crippen MR) is 64.6 cm³/mol. The quantitative estimate of drug-likeness (QED) is 0.899. The van der Waals surface area contributed by atoms with Gasteiger partial charge in [0.15, 0.2) is 0 Å². The number of imidazole rings is 1. The number of carbonyl (C=O) groups is 1. The van der Waals surface area contributed by atoms with Gasteiger partial charge in [0.05, 0.1) is 12.8 Å². The van der Waals surface area contributed by atoms with Crippen molar-refractivity contribution < 1.29 is 18.3 Å². The maximum Gasteiger partial charge on any atom is 0.329 e. The third-order valence-corrected chi connectivity index (χ3v) is 3.24. The van der Waals surface area contributed by atoms with E-state index in [9.17, 15) is 13.6 Å². The van der Waals surface area contributed by atoms with Crippen LogP contribution in [0.5, 0.6) is 6.01 Å². The number of aryl methyl sites for hydroxylation is 1. The Labute approximate surface area is 110 Å². The second-order valence-corrected chi connectivity index (χ2v) is 4.82. The predicted octanol–water partition coefficient (Wildman–Crippen LogP) is 2.34. The molecule has 5 nitrogen and oxygen atoms in total. The highest BCUT2D eigenvalue weighted by molar-refractivity contribution is 5.78. The first kappa shape index (κ1) is 13.8. The summed E-state index contributed by atoms with van der Waals surface area (Å²) in [5.74, 6) is -2.59. The van der Waals surface area contributed by atoms with Crippen molar-refractivity contribution in [2.45, 2.75) is 44.6 Å². The van der Waals surface area contributed by atoms with Crippen LogP contribution in [0.4, 0.5) is 13.6 Å². The van der Waals surface area contributed by atoms with Crippen LogP contribution in [-0.4, -0.2) is 34.7 Å². The lowest BCUT2D eigenvalue weighted by Gasteiger charge is -2.28. The van der Waals surface area contributed by atoms with Gasteiger partial charge in [-0.15, -0.1) is 0 Å². The summed E-state index contributed by atoms with van der Waals surface area (Å²) in [6, 6.07) is -0.427. The number of ether oxygens (including phenoxy) is 1. The number of hydrogen-bond donors (Lipinski definition) is 1. The Hall–Kier alpha value is -1.66. The van der Waals surface area contributed by atoms with E-state index in [2.05, 4.69) is 10.3 Å². The number of rotatable bonds is 2. The molecule has 0 aliphatic heterocycles. The van der Waals surface area contributed by atoms with Crippen LogP contribution >= 0.6 is 0 Å². The number of aromatic nitrogens is 2. The van der Waals surface area contributed by atoms with Gasteiger partial charge in [-0.1, -0.05) is 0 Å². The van der Waals surface area contributed by atoms with Gasteiger partial charge in [-0.2, -0.15) is 0 Å². The lowest BCUT2D eigenvalue weighted by atomic mass is 9.92. The highest BCUT2D eigenvalue weighted by atomic mass is 19.3. The van der Waals surface area contributed by atoms with Crippen molar-refractivity contribution in [3.05, 3.63) is 11.9 Å². The molecule has 19 heavy (non-hydrogen) atoms. The molecular weight excluding hydrogens is 256 g/mol. The molecular formula is C12H17F2N3O2. The van der Waals surface area contributed by atoms with Gasteiger partial charge in [0.2, 0.25) is 5.92 Å². The molecule has 1 amide bonds. The van der Waals surface area contributed by atoms with Crippen molar-refractivity contribution in [2.24, 2.45) is 0 Å². The van der Waals surface area contributed by atoms with Gasteiger partial charge in [0, 0.05) is 25.1 Å². The molecule has 1 aromatic heterocycles. The zero-order chi connectivity index (χ0) is 14.0. The Morgan fingerprint density at radius 3 is 2.74 bits per heavy atom. The maximum atomic E-state index is 13.0. The molecule has 1 heterocycles. The standard InChI is InChI=1S/C12H17F2N3O2/c1-8-7-17(11(15-8)19-2)10(18)16-9-3-5-12(13,14)6-4-9/h7,9H,3-6H2,1-2H3,(H,16,18). The van der Waals surface area contributed by atoms with Crippen LogP contribution in [0.25, 0.3) is 0 Å². The van der Waals surface area contributed by atoms with Crippen molar-refractivity contribution in [3.63, 3.8) is 0 Å². The normalized spacial score (nSPS) is 19.2. The summed E-state index contributed by atoms with van der Waals surface area (Å²) in [7, 11) is 1.42. The first-order chi connectivity index (χ1) is 8.91. The second kappa shape index (κ2) is 5.14. The number of nitrogens with zero attached hydrogens (tertiary/aromatic N) is 2. The average molecular weight is 273 g/mol. The summed E-state index contributed by atoms with van der Waals surface area (Å²) in [6.45, 7) is 1.74. The molecule has 2 rings (SSSR count). The molecule has 0 saturated heterocycles. The van der Waals surface area contributed by atoms with Gasteiger partial charge in [-0.3, -0.25) is 0 Å². The lowest BCUT2D eigenvalue weighted by Crippen LogP contribution is -2.42. The maximum absolute atomic E-state index is 13.0. The SMILES string of the molecule is COc1nc(C)cn1C(=O)NC1CCC(F)(F)CC1. The van der Waals surface area contributed by atoms with E-state index in [1.54, 1.807) is 13.1 Å². The fraction of sp³-hybridized carbons (Fsp3) is 0.667. The van der Waals surface area contributed by atoms with Gasteiger partial charge in [-0.05, 0) is 19.8 Å². The minimum Gasteiger partial charge on any atom is -0.468 e. The molecule has 7 heteroatoms. The monoisotopic (exact) mass is 273 g/mol. The van der Waals surface area contributed by atoms with E-state index in [-0.39, 0.29) is 37.7 Å². The highest BCUT2D eigenvalue weighted by Gasteiger charge is 2.35. The largest absolute Gasteiger partial charge is 0.468 e. The first-order valence-electron chi connectivity index (χ1n) is 6.20. The van der Waals surface area contributed by atoms with Gasteiger partial charge in [-0.25, -0.2) is 23.1 Å². The van der Waals surface area contributed by atoms with Crippen LogP contribution in [0.1, 0.15) is 31.4 Å². The summed E-state index contributed by atoms with van der Waals surface area (Å²) in [5, 5.41) is 2.73. The number of alkyl halides is 2. The van der Waals surface area contributed by atoms with Gasteiger partial charge >= 0.3 is 12.0 Å². The molecule has 1 N–H and O–H groups in total. The van der Waals surface area contributed by atoms with Crippen LogP contribution in [-0.2, 0) is 0 Å². The third-order valence-electron chi connectivity index (χ3n) is 3.24. The number of halogens is 2. The number of nitrogens with one attached hydrogen (secondary N) is 1. The third kappa shape index (κ3) is 3.21. The molecule has 0 atom stereocenters. The summed E-state index contributed by atoms with van der Waals surface area (Å²) in [6.07, 6.45) is 1.76. The Kier molecular flexibility index (Phi) is 3.73. The van der Waals surface area contributed by atoms with Crippen LogP contribution in [0.15, 0.2) is 6.20 Å². The van der Waals surface area contributed by atoms with Crippen LogP contribution in [0, 0.1) is 6.92 Å². The minimum atomic E-state index is -2.59. The lowest BCUT2D eigenvalue weighted by molar-refractivity contribution is -0.0395. The fourth-order valence-electron chi connectivity index (χ4n) is 2.19. The van der Waals surface area contributed by atoms with E-state index in [1.165, 1.54) is 11.7 Å². The van der Waals surface area contributed by atoms with E-state index in [1.807, 2.05) is 0 Å². The van der Waals surface area contributed by atoms with Crippen molar-refractivity contribution in [1.82, 2.24) is 14.9 Å². The van der Waals surface area contributed by atoms with Gasteiger partial charge in [0.25, 0.3) is 0 Å². The van der Waals surface area contributed by atoms with E-state index in [4.69, 9.17) is 4.74 Å². The number of amides is 1. The zero-order valence-corrected chi connectivity index (χ0v) is 10.9. The van der Waals surface area contributed by atoms with Crippen molar-refractivity contribution >= 4 is 6.03 Å². The van der Waals surface area contributed by atoms with Gasteiger partial charge in [0.1, 0.15) is 0 Å². The second-order valence-electron chi connectivity index (χ2n) is 4.82. The van der Waals surface area contributed by atoms with Crippen LogP contribution in [0.3, 0.4) is 0 Å². The summed E-state index contributed by atoms with van der Waals surface area (Å²) >= 11 is 0. The molecule has 0 bridgehead atoms. The average Bonchev–Trinajstić information content (AvgIpc) is 2.73. The molecule has 0 radical (unpaired) electrons. The van der Waals surface area contributed by atoms with Crippen LogP contribution < -0.4 is 10.1 Å². The molecule has 1 saturated carbocycles. The minimum absolute atomic E-state index is 0.183. The van der Waals surface area contributed by atoms with Gasteiger partial charge < -0.3 is 10.1 Å². The topological polar surface area (TPSA) is 56.2 Å². The summed E-state index contributed by atoms with van der Waals surface area (Å²) in [4.78, 5) is 16.0. The highest BCUT2D eigenvalue weighted by Crippen LogP contribution is 2.33. The molecule has 0 aromatic carbocycles. The smallest absolute Gasteiger partial charge is 0.329 e. The Morgan fingerprint density at radius 1 is 1.53 bits per heavy atom. The molecule has 1 aliphatic rings. The van der Waals surface area contributed by atoms with Crippen molar-refractivity contribution in [1.29, 1.82) is 0 Å². The molecule has 1 aromatic rings. The summed E-state index contributed by atoms with van der Waals surface area (Å²) in [5.41, 5.74) is 0.655. The number of carbonyl (C=O) groups excluding carboxylic acids is 1. The molecule has 1 fully saturated rings. The summed E-state index contributed by atoms with van der Waals surface area (Å²) < 4.78 is 32.3. The molecule has 0 unspecified atom stereocenters. The molecule has 106 valence electrons. The Morgan fingerprint density at radius 2 is 2.16 bits per heavy atom. The zero-order valence-electron chi connectivity index (χ0n) is 10.9. The van der Waals surface area contributed by atoms with Crippen molar-refractivity contribution in [3.8, 4) is 6.01 Å². The first-order valence-corrected chi connectivity index (χ1v) is 6.20. The fourth-order valence-corrected chi connectivity index (χ4v) is 2.19.